The summed E-state index contributed by atoms with van der Waals surface area (Å²) in [6.45, 7) is 8.29. The number of alkyl halides is 1. The van der Waals surface area contributed by atoms with Crippen LogP contribution in [-0.4, -0.2) is 27.1 Å². The first kappa shape index (κ1) is 17.2. The Morgan fingerprint density at radius 3 is 1.88 bits per heavy atom. The minimum atomic E-state index is -3.17. The Kier molecular flexibility index (Phi) is 6.47. The SMILES string of the molecule is CCC(C)(CCl)CC(C)(CC)CS(=O)(=O)NC. The molecular formula is C12H26ClNO2S. The first-order valence-corrected chi connectivity index (χ1v) is 8.32. The Bertz CT molecular complexity index is 325. The third-order valence-corrected chi connectivity index (χ3v) is 6.08. The molecule has 104 valence electrons. The molecule has 0 aliphatic rings. The van der Waals surface area contributed by atoms with Crippen molar-refractivity contribution in [3.05, 3.63) is 0 Å². The fourth-order valence-corrected chi connectivity index (χ4v) is 3.76. The van der Waals surface area contributed by atoms with E-state index in [-0.39, 0.29) is 16.6 Å². The molecule has 0 fully saturated rings. The zero-order valence-electron chi connectivity index (χ0n) is 11.6. The molecule has 0 heterocycles. The molecule has 0 saturated heterocycles. The van der Waals surface area contributed by atoms with Crippen molar-refractivity contribution in [2.75, 3.05) is 18.7 Å². The lowest BCUT2D eigenvalue weighted by Gasteiger charge is -2.37. The van der Waals surface area contributed by atoms with Crippen LogP contribution in [0, 0.1) is 10.8 Å². The highest BCUT2D eigenvalue weighted by Gasteiger charge is 2.35. The van der Waals surface area contributed by atoms with Crippen molar-refractivity contribution in [2.45, 2.75) is 47.0 Å². The van der Waals surface area contributed by atoms with Gasteiger partial charge in [0.25, 0.3) is 0 Å². The van der Waals surface area contributed by atoms with Crippen molar-refractivity contribution in [3.63, 3.8) is 0 Å². The molecular weight excluding hydrogens is 258 g/mol. The van der Waals surface area contributed by atoms with E-state index in [9.17, 15) is 8.42 Å². The predicted octanol–water partition coefficient (Wildman–Crippen LogP) is 3.00. The molecule has 0 rings (SSSR count). The molecule has 3 nitrogen and oxygen atoms in total. The third-order valence-electron chi connectivity index (χ3n) is 3.73. The Morgan fingerprint density at radius 1 is 1.12 bits per heavy atom. The van der Waals surface area contributed by atoms with Gasteiger partial charge in [-0.25, -0.2) is 13.1 Å². The molecule has 5 heteroatoms. The minimum Gasteiger partial charge on any atom is -0.218 e. The van der Waals surface area contributed by atoms with Gasteiger partial charge in [0.15, 0.2) is 0 Å². The van der Waals surface area contributed by atoms with Crippen LogP contribution in [0.15, 0.2) is 0 Å². The minimum absolute atomic E-state index is 0.00950. The van der Waals surface area contributed by atoms with E-state index < -0.39 is 10.0 Å². The molecule has 2 unspecified atom stereocenters. The fraction of sp³-hybridized carbons (Fsp3) is 1.00. The summed E-state index contributed by atoms with van der Waals surface area (Å²) in [6, 6.07) is 0. The topological polar surface area (TPSA) is 46.2 Å². The van der Waals surface area contributed by atoms with Crippen LogP contribution in [0.4, 0.5) is 0 Å². The van der Waals surface area contributed by atoms with Gasteiger partial charge < -0.3 is 0 Å². The molecule has 1 N–H and O–H groups in total. The van der Waals surface area contributed by atoms with E-state index >= 15 is 0 Å². The summed E-state index contributed by atoms with van der Waals surface area (Å²) in [5.41, 5.74) is -0.211. The summed E-state index contributed by atoms with van der Waals surface area (Å²) in [7, 11) is -1.71. The maximum atomic E-state index is 11.7. The number of sulfonamides is 1. The van der Waals surface area contributed by atoms with Gasteiger partial charge >= 0.3 is 0 Å². The van der Waals surface area contributed by atoms with E-state index in [0.29, 0.717) is 5.88 Å². The van der Waals surface area contributed by atoms with Crippen LogP contribution in [0.3, 0.4) is 0 Å². The summed E-state index contributed by atoms with van der Waals surface area (Å²) in [5.74, 6) is 0.734. The summed E-state index contributed by atoms with van der Waals surface area (Å²) >= 11 is 6.01. The maximum Gasteiger partial charge on any atom is 0.211 e. The van der Waals surface area contributed by atoms with Crippen LogP contribution >= 0.6 is 11.6 Å². The van der Waals surface area contributed by atoms with Gasteiger partial charge in [0.1, 0.15) is 0 Å². The van der Waals surface area contributed by atoms with E-state index in [0.717, 1.165) is 19.3 Å². The largest absolute Gasteiger partial charge is 0.218 e. The van der Waals surface area contributed by atoms with Crippen molar-refractivity contribution in [2.24, 2.45) is 10.8 Å². The van der Waals surface area contributed by atoms with Crippen molar-refractivity contribution in [1.82, 2.24) is 4.72 Å². The van der Waals surface area contributed by atoms with Gasteiger partial charge in [-0.15, -0.1) is 11.6 Å². The van der Waals surface area contributed by atoms with Gasteiger partial charge in [0, 0.05) is 5.88 Å². The third kappa shape index (κ3) is 5.58. The first-order chi connectivity index (χ1) is 7.66. The lowest BCUT2D eigenvalue weighted by atomic mass is 9.72. The Morgan fingerprint density at radius 2 is 1.59 bits per heavy atom. The summed E-state index contributed by atoms with van der Waals surface area (Å²) < 4.78 is 25.8. The van der Waals surface area contributed by atoms with Crippen LogP contribution < -0.4 is 4.72 Å². The lowest BCUT2D eigenvalue weighted by Crippen LogP contribution is -2.37. The van der Waals surface area contributed by atoms with Gasteiger partial charge in [0.05, 0.1) is 5.75 Å². The highest BCUT2D eigenvalue weighted by molar-refractivity contribution is 7.89. The molecule has 0 aliphatic heterocycles. The molecule has 0 bridgehead atoms. The Hall–Kier alpha value is 0.200. The maximum absolute atomic E-state index is 11.7. The predicted molar refractivity (Wildman–Crippen MR) is 75.0 cm³/mol. The smallest absolute Gasteiger partial charge is 0.211 e. The van der Waals surface area contributed by atoms with E-state index in [2.05, 4.69) is 18.6 Å². The van der Waals surface area contributed by atoms with Gasteiger partial charge in [-0.3, -0.25) is 0 Å². The standard InChI is InChI=1S/C12H26ClNO2S/c1-6-11(3,9-13)8-12(4,7-2)10-17(15,16)14-5/h14H,6-10H2,1-5H3. The second-order valence-electron chi connectivity index (χ2n) is 5.60. The number of hydrogen-bond acceptors (Lipinski definition) is 2. The number of rotatable bonds is 8. The quantitative estimate of drug-likeness (QED) is 0.696. The van der Waals surface area contributed by atoms with Gasteiger partial charge in [-0.05, 0) is 37.1 Å². The zero-order valence-corrected chi connectivity index (χ0v) is 13.2. The zero-order chi connectivity index (χ0) is 13.7. The van der Waals surface area contributed by atoms with Gasteiger partial charge in [-0.1, -0.05) is 27.7 Å². The summed E-state index contributed by atoms with van der Waals surface area (Å²) in [6.07, 6.45) is 2.63. The van der Waals surface area contributed by atoms with Gasteiger partial charge in [0.2, 0.25) is 10.0 Å². The van der Waals surface area contributed by atoms with E-state index in [4.69, 9.17) is 11.6 Å². The highest BCUT2D eigenvalue weighted by Crippen LogP contribution is 2.40. The first-order valence-electron chi connectivity index (χ1n) is 6.13. The number of hydrogen-bond donors (Lipinski definition) is 1. The molecule has 0 aromatic carbocycles. The van der Waals surface area contributed by atoms with Crippen molar-refractivity contribution in [1.29, 1.82) is 0 Å². The van der Waals surface area contributed by atoms with Crippen LogP contribution in [0.2, 0.25) is 0 Å². The average molecular weight is 284 g/mol. The molecule has 0 aliphatic carbocycles. The number of halogens is 1. The van der Waals surface area contributed by atoms with Crippen molar-refractivity contribution in [3.8, 4) is 0 Å². The van der Waals surface area contributed by atoms with Crippen LogP contribution in [0.25, 0.3) is 0 Å². The monoisotopic (exact) mass is 283 g/mol. The molecule has 2 atom stereocenters. The van der Waals surface area contributed by atoms with Crippen LogP contribution in [0.1, 0.15) is 47.0 Å². The van der Waals surface area contributed by atoms with E-state index in [1.54, 1.807) is 0 Å². The fourth-order valence-electron chi connectivity index (χ4n) is 2.11. The van der Waals surface area contributed by atoms with Crippen molar-refractivity contribution >= 4 is 21.6 Å². The molecule has 0 aromatic heterocycles. The molecule has 0 amide bonds. The average Bonchev–Trinajstić information content (AvgIpc) is 2.28. The molecule has 0 saturated carbocycles. The summed E-state index contributed by atoms with van der Waals surface area (Å²) in [4.78, 5) is 0. The Balaban J connectivity index is 4.92. The lowest BCUT2D eigenvalue weighted by molar-refractivity contribution is 0.188. The van der Waals surface area contributed by atoms with E-state index in [1.165, 1.54) is 7.05 Å². The molecule has 0 radical (unpaired) electrons. The molecule has 0 aromatic rings. The normalized spacial score (nSPS) is 19.6. The van der Waals surface area contributed by atoms with Crippen molar-refractivity contribution < 1.29 is 8.42 Å². The van der Waals surface area contributed by atoms with Crippen LogP contribution in [-0.2, 0) is 10.0 Å². The second-order valence-corrected chi connectivity index (χ2v) is 7.80. The Labute approximate surface area is 111 Å². The van der Waals surface area contributed by atoms with E-state index in [1.807, 2.05) is 13.8 Å². The van der Waals surface area contributed by atoms with Crippen LogP contribution in [0.5, 0.6) is 0 Å². The molecule has 17 heavy (non-hydrogen) atoms. The second kappa shape index (κ2) is 6.39. The van der Waals surface area contributed by atoms with Gasteiger partial charge in [-0.2, -0.15) is 0 Å². The molecule has 0 spiro atoms. The highest BCUT2D eigenvalue weighted by atomic mass is 35.5. The number of nitrogens with one attached hydrogen (secondary N) is 1. The summed E-state index contributed by atoms with van der Waals surface area (Å²) in [5, 5.41) is 0.